The van der Waals surface area contributed by atoms with Crippen LogP contribution in [0.2, 0.25) is 0 Å². The molecule has 0 unspecified atom stereocenters. The first-order chi connectivity index (χ1) is 14.7. The molecule has 0 spiro atoms. The lowest BCUT2D eigenvalue weighted by Gasteiger charge is -2.25. The molecule has 0 bridgehead atoms. The van der Waals surface area contributed by atoms with Gasteiger partial charge in [0.1, 0.15) is 5.75 Å². The van der Waals surface area contributed by atoms with Crippen molar-refractivity contribution in [2.45, 2.75) is 52.1 Å². The van der Waals surface area contributed by atoms with E-state index in [0.717, 1.165) is 11.1 Å². The fourth-order valence-electron chi connectivity index (χ4n) is 3.26. The minimum absolute atomic E-state index is 0.0245. The molecule has 1 heterocycles. The van der Waals surface area contributed by atoms with Crippen molar-refractivity contribution in [3.63, 3.8) is 0 Å². The zero-order valence-electron chi connectivity index (χ0n) is 18.4. The van der Waals surface area contributed by atoms with Gasteiger partial charge in [0.15, 0.2) is 0 Å². The topological polar surface area (TPSA) is 76.2 Å². The molecule has 1 fully saturated rings. The van der Waals surface area contributed by atoms with Gasteiger partial charge in [-0.25, -0.2) is 4.79 Å². The maximum absolute atomic E-state index is 12.9. The quantitative estimate of drug-likeness (QED) is 0.650. The van der Waals surface area contributed by atoms with Crippen molar-refractivity contribution >= 4 is 17.9 Å². The number of carbonyl (C=O) groups excluding carboxylic acids is 3. The van der Waals surface area contributed by atoms with Crippen LogP contribution in [0.1, 0.15) is 50.3 Å². The molecular formula is C24H28N2O5. The van der Waals surface area contributed by atoms with E-state index in [1.54, 1.807) is 7.11 Å². The SMILES string of the molecule is COc1ccc(CN(Cc2ccc(C(C)(C)C)cc2)C(=O)ON2C(=O)CCC2=O)cc1. The van der Waals surface area contributed by atoms with Gasteiger partial charge >= 0.3 is 6.09 Å². The van der Waals surface area contributed by atoms with Gasteiger partial charge in [-0.15, -0.1) is 5.06 Å². The molecular weight excluding hydrogens is 396 g/mol. The number of hydrogen-bond donors (Lipinski definition) is 0. The zero-order valence-corrected chi connectivity index (χ0v) is 18.4. The molecule has 3 amide bonds. The minimum atomic E-state index is -0.751. The van der Waals surface area contributed by atoms with E-state index >= 15 is 0 Å². The Labute approximate surface area is 182 Å². The van der Waals surface area contributed by atoms with Crippen LogP contribution in [0, 0.1) is 0 Å². The van der Waals surface area contributed by atoms with E-state index < -0.39 is 17.9 Å². The molecule has 2 aromatic carbocycles. The molecule has 1 saturated heterocycles. The number of carbonyl (C=O) groups is 3. The first-order valence-corrected chi connectivity index (χ1v) is 10.2. The fraction of sp³-hybridized carbons (Fsp3) is 0.375. The van der Waals surface area contributed by atoms with Crippen LogP contribution < -0.4 is 4.74 Å². The number of benzene rings is 2. The van der Waals surface area contributed by atoms with Gasteiger partial charge < -0.3 is 9.57 Å². The summed E-state index contributed by atoms with van der Waals surface area (Å²) in [6.07, 6.45) is -0.642. The number of rotatable bonds is 6. The monoisotopic (exact) mass is 424 g/mol. The average Bonchev–Trinajstić information content (AvgIpc) is 3.05. The second-order valence-corrected chi connectivity index (χ2v) is 8.59. The Kier molecular flexibility index (Phi) is 6.63. The van der Waals surface area contributed by atoms with E-state index in [-0.39, 0.29) is 31.3 Å². The molecule has 0 radical (unpaired) electrons. The van der Waals surface area contributed by atoms with E-state index in [9.17, 15) is 14.4 Å². The molecule has 0 aliphatic carbocycles. The summed E-state index contributed by atoms with van der Waals surface area (Å²) in [6.45, 7) is 6.93. The molecule has 0 aromatic heterocycles. The van der Waals surface area contributed by atoms with Crippen molar-refractivity contribution in [2.24, 2.45) is 0 Å². The number of nitrogens with zero attached hydrogens (tertiary/aromatic N) is 2. The lowest BCUT2D eigenvalue weighted by atomic mass is 9.87. The van der Waals surface area contributed by atoms with Crippen LogP contribution in [0.25, 0.3) is 0 Å². The van der Waals surface area contributed by atoms with E-state index in [4.69, 9.17) is 9.57 Å². The van der Waals surface area contributed by atoms with E-state index in [0.29, 0.717) is 10.8 Å². The highest BCUT2D eigenvalue weighted by Gasteiger charge is 2.34. The highest BCUT2D eigenvalue weighted by atomic mass is 16.7. The van der Waals surface area contributed by atoms with Crippen molar-refractivity contribution in [1.29, 1.82) is 0 Å². The molecule has 0 N–H and O–H groups in total. The second kappa shape index (κ2) is 9.20. The average molecular weight is 424 g/mol. The van der Waals surface area contributed by atoms with Crippen LogP contribution in [0.15, 0.2) is 48.5 Å². The van der Waals surface area contributed by atoms with Crippen LogP contribution >= 0.6 is 0 Å². The standard InChI is InChI=1S/C24H28N2O5/c1-24(2,3)19-9-5-17(6-10-19)15-25(16-18-7-11-20(30-4)12-8-18)23(29)31-26-21(27)13-14-22(26)28/h5-12H,13-16H2,1-4H3. The minimum Gasteiger partial charge on any atom is -0.497 e. The largest absolute Gasteiger partial charge is 0.497 e. The maximum atomic E-state index is 12.9. The normalized spacial score (nSPS) is 14.0. The van der Waals surface area contributed by atoms with Crippen LogP contribution in [-0.4, -0.2) is 35.0 Å². The van der Waals surface area contributed by atoms with Gasteiger partial charge in [-0.05, 0) is 34.2 Å². The number of ether oxygens (including phenoxy) is 1. The first kappa shape index (κ1) is 22.3. The third kappa shape index (κ3) is 5.63. The lowest BCUT2D eigenvalue weighted by molar-refractivity contribution is -0.174. The second-order valence-electron chi connectivity index (χ2n) is 8.59. The van der Waals surface area contributed by atoms with Crippen molar-refractivity contribution in [2.75, 3.05) is 7.11 Å². The van der Waals surface area contributed by atoms with Gasteiger partial charge in [-0.3, -0.25) is 14.5 Å². The van der Waals surface area contributed by atoms with Gasteiger partial charge in [-0.2, -0.15) is 0 Å². The van der Waals surface area contributed by atoms with Crippen molar-refractivity contribution < 1.29 is 24.0 Å². The summed E-state index contributed by atoms with van der Waals surface area (Å²) in [5, 5.41) is 0.575. The van der Waals surface area contributed by atoms with Crippen molar-refractivity contribution in [3.8, 4) is 5.75 Å². The molecule has 31 heavy (non-hydrogen) atoms. The van der Waals surface area contributed by atoms with E-state index in [1.165, 1.54) is 10.5 Å². The van der Waals surface area contributed by atoms with Crippen LogP contribution in [-0.2, 0) is 32.9 Å². The predicted octanol–water partition coefficient (Wildman–Crippen LogP) is 4.20. The van der Waals surface area contributed by atoms with Gasteiger partial charge in [0.2, 0.25) is 0 Å². The molecule has 0 atom stereocenters. The number of methoxy groups -OCH3 is 1. The molecule has 7 nitrogen and oxygen atoms in total. The Morgan fingerprint density at radius 3 is 1.84 bits per heavy atom. The van der Waals surface area contributed by atoms with Gasteiger partial charge in [0, 0.05) is 25.9 Å². The fourth-order valence-corrected chi connectivity index (χ4v) is 3.26. The number of amides is 3. The Bertz CT molecular complexity index is 929. The summed E-state index contributed by atoms with van der Waals surface area (Å²) >= 11 is 0. The zero-order chi connectivity index (χ0) is 22.6. The maximum Gasteiger partial charge on any atom is 0.435 e. The Morgan fingerprint density at radius 2 is 1.39 bits per heavy atom. The summed E-state index contributed by atoms with van der Waals surface area (Å²) in [4.78, 5) is 43.2. The molecule has 3 rings (SSSR count). The lowest BCUT2D eigenvalue weighted by Crippen LogP contribution is -2.39. The molecule has 164 valence electrons. The highest BCUT2D eigenvalue weighted by Crippen LogP contribution is 2.23. The van der Waals surface area contributed by atoms with Gasteiger partial charge in [0.25, 0.3) is 11.8 Å². The third-order valence-corrected chi connectivity index (χ3v) is 5.16. The number of hydroxylamine groups is 2. The molecule has 7 heteroatoms. The highest BCUT2D eigenvalue weighted by molar-refractivity contribution is 6.01. The van der Waals surface area contributed by atoms with Crippen LogP contribution in [0.5, 0.6) is 5.75 Å². The summed E-state index contributed by atoms with van der Waals surface area (Å²) in [7, 11) is 1.59. The van der Waals surface area contributed by atoms with Crippen LogP contribution in [0.4, 0.5) is 4.79 Å². The number of imide groups is 1. The van der Waals surface area contributed by atoms with Crippen molar-refractivity contribution in [1.82, 2.24) is 9.96 Å². The smallest absolute Gasteiger partial charge is 0.435 e. The van der Waals surface area contributed by atoms with Crippen molar-refractivity contribution in [3.05, 3.63) is 65.2 Å². The molecule has 2 aromatic rings. The Morgan fingerprint density at radius 1 is 0.903 bits per heavy atom. The van der Waals surface area contributed by atoms with E-state index in [2.05, 4.69) is 20.8 Å². The van der Waals surface area contributed by atoms with Crippen LogP contribution in [0.3, 0.4) is 0 Å². The summed E-state index contributed by atoms with van der Waals surface area (Å²) in [6, 6.07) is 15.4. The number of hydrogen-bond acceptors (Lipinski definition) is 5. The molecule has 1 aliphatic rings. The van der Waals surface area contributed by atoms with E-state index in [1.807, 2.05) is 48.5 Å². The molecule has 0 saturated carbocycles. The van der Waals surface area contributed by atoms with Gasteiger partial charge in [-0.1, -0.05) is 57.2 Å². The summed E-state index contributed by atoms with van der Waals surface area (Å²) in [5.74, 6) is -0.293. The predicted molar refractivity (Wildman–Crippen MR) is 115 cm³/mol. The molecule has 1 aliphatic heterocycles. The Balaban J connectivity index is 1.79. The summed E-state index contributed by atoms with van der Waals surface area (Å²) in [5.41, 5.74) is 2.99. The summed E-state index contributed by atoms with van der Waals surface area (Å²) < 4.78 is 5.18. The first-order valence-electron chi connectivity index (χ1n) is 10.2. The Hall–Kier alpha value is -3.35. The van der Waals surface area contributed by atoms with Gasteiger partial charge in [0.05, 0.1) is 7.11 Å². The third-order valence-electron chi connectivity index (χ3n) is 5.16.